The number of aliphatic carboxylic acids is 3. The van der Waals surface area contributed by atoms with E-state index in [1.165, 1.54) is 19.4 Å². The zero-order valence-corrected chi connectivity index (χ0v) is 30.0. The maximum Gasteiger partial charge on any atom is 0.328 e. The van der Waals surface area contributed by atoms with Gasteiger partial charge in [-0.15, -0.1) is 0 Å². The summed E-state index contributed by atoms with van der Waals surface area (Å²) in [5.74, 6) is -10.9. The van der Waals surface area contributed by atoms with Crippen molar-refractivity contribution in [1.82, 2.24) is 41.9 Å². The van der Waals surface area contributed by atoms with Gasteiger partial charge in [-0.05, 0) is 32.6 Å². The van der Waals surface area contributed by atoms with Crippen molar-refractivity contribution in [3.05, 3.63) is 18.2 Å². The molecule has 0 aliphatic carbocycles. The van der Waals surface area contributed by atoms with Crippen LogP contribution in [0.2, 0.25) is 0 Å². The van der Waals surface area contributed by atoms with Crippen LogP contribution in [-0.2, 0) is 49.6 Å². The van der Waals surface area contributed by atoms with Gasteiger partial charge in [0.05, 0.1) is 25.5 Å². The Labute approximate surface area is 308 Å². The summed E-state index contributed by atoms with van der Waals surface area (Å²) in [6.07, 6.45) is -1.20. The quantitative estimate of drug-likeness (QED) is 0.0468. The molecule has 0 aliphatic rings. The van der Waals surface area contributed by atoms with Gasteiger partial charge in [0.2, 0.25) is 35.4 Å². The van der Waals surface area contributed by atoms with Gasteiger partial charge in [-0.3, -0.25) is 38.4 Å². The second-order valence-electron chi connectivity index (χ2n) is 12.8. The molecule has 14 N–H and O–H groups in total. The van der Waals surface area contributed by atoms with Crippen LogP contribution in [-0.4, -0.2) is 144 Å². The lowest BCUT2D eigenvalue weighted by Gasteiger charge is -2.27. The molecule has 8 atom stereocenters. The largest absolute Gasteiger partial charge is 0.481 e. The Hall–Kier alpha value is -5.68. The summed E-state index contributed by atoms with van der Waals surface area (Å²) in [5.41, 5.74) is 5.80. The maximum absolute atomic E-state index is 13.5. The number of carboxylic acid groups (broad SMARTS) is 3. The summed E-state index contributed by atoms with van der Waals surface area (Å²) in [4.78, 5) is 119. The summed E-state index contributed by atoms with van der Waals surface area (Å²) in [7, 11) is 0. The van der Waals surface area contributed by atoms with Gasteiger partial charge in [-0.1, -0.05) is 13.8 Å². The predicted octanol–water partition coefficient (Wildman–Crippen LogP) is -4.95. The summed E-state index contributed by atoms with van der Waals surface area (Å²) in [6, 6.07) is -10.9. The van der Waals surface area contributed by atoms with Crippen molar-refractivity contribution in [1.29, 1.82) is 0 Å². The van der Waals surface area contributed by atoms with E-state index in [4.69, 9.17) is 15.9 Å². The fourth-order valence-corrected chi connectivity index (χ4v) is 4.67. The maximum atomic E-state index is 13.5. The smallest absolute Gasteiger partial charge is 0.328 e. The third-order valence-corrected chi connectivity index (χ3v) is 7.58. The van der Waals surface area contributed by atoms with Crippen LogP contribution in [0.3, 0.4) is 0 Å². The number of imidazole rings is 1. The van der Waals surface area contributed by atoms with E-state index in [1.54, 1.807) is 13.8 Å². The number of nitrogens with two attached hydrogens (primary N) is 1. The average Bonchev–Trinajstić information content (AvgIpc) is 3.59. The number of aliphatic hydroxyl groups is 2. The monoisotopic (exact) mass is 771 g/mol. The normalized spacial score (nSPS) is 15.5. The number of rotatable bonds is 24. The Balaban J connectivity index is 3.18. The molecular formula is C31H49N9O14. The zero-order chi connectivity index (χ0) is 41.3. The van der Waals surface area contributed by atoms with Crippen LogP contribution in [0.1, 0.15) is 59.1 Å². The molecule has 0 radical (unpaired) electrons. The number of nitrogens with one attached hydrogen (secondary N) is 7. The first kappa shape index (κ1) is 46.3. The number of amides is 6. The van der Waals surface area contributed by atoms with Crippen molar-refractivity contribution in [3.8, 4) is 0 Å². The van der Waals surface area contributed by atoms with E-state index in [9.17, 15) is 58.5 Å². The molecule has 1 aromatic rings. The average molecular weight is 772 g/mol. The number of carbonyl (C=O) groups is 9. The number of hydrogen-bond acceptors (Lipinski definition) is 13. The molecule has 0 saturated heterocycles. The molecule has 1 aromatic heterocycles. The minimum absolute atomic E-state index is 0.00312. The third kappa shape index (κ3) is 16.3. The third-order valence-electron chi connectivity index (χ3n) is 7.58. The van der Waals surface area contributed by atoms with Crippen LogP contribution in [0.5, 0.6) is 0 Å². The lowest BCUT2D eigenvalue weighted by molar-refractivity contribution is -0.145. The summed E-state index contributed by atoms with van der Waals surface area (Å²) < 4.78 is 0. The Bertz CT molecular complexity index is 1490. The van der Waals surface area contributed by atoms with Gasteiger partial charge < -0.3 is 68.2 Å². The highest BCUT2D eigenvalue weighted by atomic mass is 16.4. The van der Waals surface area contributed by atoms with Crippen molar-refractivity contribution < 1.29 is 68.7 Å². The second-order valence-corrected chi connectivity index (χ2v) is 12.8. The lowest BCUT2D eigenvalue weighted by atomic mass is 10.0. The van der Waals surface area contributed by atoms with Gasteiger partial charge >= 0.3 is 17.9 Å². The molecule has 0 saturated carbocycles. The van der Waals surface area contributed by atoms with Crippen molar-refractivity contribution >= 4 is 53.4 Å². The first-order valence-electron chi connectivity index (χ1n) is 16.7. The van der Waals surface area contributed by atoms with Crippen LogP contribution < -0.4 is 37.6 Å². The molecule has 0 unspecified atom stereocenters. The molecule has 54 heavy (non-hydrogen) atoms. The minimum Gasteiger partial charge on any atom is -0.481 e. The van der Waals surface area contributed by atoms with E-state index in [0.29, 0.717) is 5.69 Å². The molecular weight excluding hydrogens is 722 g/mol. The Morgan fingerprint density at radius 3 is 1.76 bits per heavy atom. The number of carbonyl (C=O) groups excluding carboxylic acids is 6. The van der Waals surface area contributed by atoms with Crippen molar-refractivity contribution in [2.75, 3.05) is 6.61 Å². The Morgan fingerprint density at radius 2 is 1.26 bits per heavy atom. The highest BCUT2D eigenvalue weighted by Gasteiger charge is 2.34. The van der Waals surface area contributed by atoms with E-state index < -0.39 is 128 Å². The molecule has 0 fully saturated rings. The van der Waals surface area contributed by atoms with E-state index in [2.05, 4.69) is 41.9 Å². The summed E-state index contributed by atoms with van der Waals surface area (Å²) in [5, 5.41) is 60.3. The summed E-state index contributed by atoms with van der Waals surface area (Å²) >= 11 is 0. The number of aromatic amines is 1. The molecule has 6 amide bonds. The van der Waals surface area contributed by atoms with E-state index in [0.717, 1.165) is 6.92 Å². The topological polar surface area (TPSA) is 382 Å². The highest BCUT2D eigenvalue weighted by Crippen LogP contribution is 2.09. The standard InChI is InChI=1S/C31H49N9O14/c1-13(2)7-19(29(51)38-20(8-16-10-33-12-34-16)30(52)40-24(15(4)42)31(53)54)37-25(47)14(3)35-28(50)21(9-23(45)46)39-27(49)18(5-6-22(43)44)36-26(48)17(32)11-41/h10,12-15,17-21,24,41-42H,5-9,11,32H2,1-4H3,(H,33,34)(H,35,50)(H,36,48)(H,37,47)(H,38,51)(H,39,49)(H,40,52)(H,43,44)(H,45,46)(H,53,54)/t14-,15+,17-,18-,19-,20-,21-,24-/m0/s1. The SMILES string of the molecule is CC(C)C[C@H](NC(=O)[C@H](C)NC(=O)[C@H](CC(=O)O)NC(=O)[C@H](CCC(=O)O)NC(=O)[C@@H](N)CO)C(=O)N[C@@H](Cc1cnc[nH]1)C(=O)N[C@H](C(=O)O)[C@@H](C)O. The number of H-pyrrole nitrogens is 1. The molecule has 1 rings (SSSR count). The van der Waals surface area contributed by atoms with Gasteiger partial charge in [0.15, 0.2) is 6.04 Å². The fraction of sp³-hybridized carbons (Fsp3) is 0.613. The molecule has 0 aliphatic heterocycles. The van der Waals surface area contributed by atoms with Crippen LogP contribution in [0.25, 0.3) is 0 Å². The first-order valence-corrected chi connectivity index (χ1v) is 16.7. The van der Waals surface area contributed by atoms with Gasteiger partial charge in [-0.25, -0.2) is 9.78 Å². The number of nitrogens with zero attached hydrogens (tertiary/aromatic N) is 1. The molecule has 23 nitrogen and oxygen atoms in total. The molecule has 1 heterocycles. The van der Waals surface area contributed by atoms with Crippen LogP contribution in [0, 0.1) is 5.92 Å². The number of hydrogen-bond donors (Lipinski definition) is 13. The van der Waals surface area contributed by atoms with E-state index in [1.807, 2.05) is 0 Å². The van der Waals surface area contributed by atoms with Gasteiger partial charge in [0.1, 0.15) is 36.3 Å². The van der Waals surface area contributed by atoms with Gasteiger partial charge in [0.25, 0.3) is 0 Å². The first-order chi connectivity index (χ1) is 25.2. The minimum atomic E-state index is -1.85. The van der Waals surface area contributed by atoms with Crippen LogP contribution in [0.4, 0.5) is 0 Å². The molecule has 302 valence electrons. The van der Waals surface area contributed by atoms with Gasteiger partial charge in [0, 0.05) is 24.7 Å². The summed E-state index contributed by atoms with van der Waals surface area (Å²) in [6.45, 7) is 4.94. The Morgan fingerprint density at radius 1 is 0.722 bits per heavy atom. The highest BCUT2D eigenvalue weighted by molar-refractivity contribution is 5.98. The van der Waals surface area contributed by atoms with E-state index in [-0.39, 0.29) is 18.8 Å². The van der Waals surface area contributed by atoms with Crippen molar-refractivity contribution in [3.63, 3.8) is 0 Å². The second kappa shape index (κ2) is 22.4. The molecule has 23 heteroatoms. The Kier molecular flexibility index (Phi) is 19.2. The number of carboxylic acids is 3. The molecule has 0 bridgehead atoms. The van der Waals surface area contributed by atoms with Crippen LogP contribution >= 0.6 is 0 Å². The predicted molar refractivity (Wildman–Crippen MR) is 183 cm³/mol. The number of aliphatic hydroxyl groups excluding tert-OH is 2. The fourth-order valence-electron chi connectivity index (χ4n) is 4.67. The molecule has 0 aromatic carbocycles. The number of aromatic nitrogens is 2. The molecule has 0 spiro atoms. The van der Waals surface area contributed by atoms with Gasteiger partial charge in [-0.2, -0.15) is 0 Å². The van der Waals surface area contributed by atoms with Crippen LogP contribution in [0.15, 0.2) is 12.5 Å². The van der Waals surface area contributed by atoms with Crippen molar-refractivity contribution in [2.24, 2.45) is 11.7 Å². The zero-order valence-electron chi connectivity index (χ0n) is 30.0. The van der Waals surface area contributed by atoms with Crippen molar-refractivity contribution in [2.45, 2.75) is 108 Å². The van der Waals surface area contributed by atoms with E-state index >= 15 is 0 Å². The lowest BCUT2D eigenvalue weighted by Crippen LogP contribution is -2.60.